The van der Waals surface area contributed by atoms with Crippen LogP contribution in [0.3, 0.4) is 0 Å². The maximum atomic E-state index is 8.90. The molecule has 0 aliphatic carbocycles. The molecule has 23 heavy (non-hydrogen) atoms. The summed E-state index contributed by atoms with van der Waals surface area (Å²) in [6.45, 7) is 7.91. The van der Waals surface area contributed by atoms with E-state index >= 15 is 0 Å². The van der Waals surface area contributed by atoms with Crippen molar-refractivity contribution in [3.63, 3.8) is 0 Å². The molecule has 0 aliphatic heterocycles. The molecular weight excluding hydrogens is 282 g/mol. The molecule has 2 N–H and O–H groups in total. The highest BCUT2D eigenvalue weighted by molar-refractivity contribution is 5.31. The van der Waals surface area contributed by atoms with E-state index < -0.39 is 0 Å². The molecule has 0 aromatic heterocycles. The van der Waals surface area contributed by atoms with E-state index in [9.17, 15) is 0 Å². The smallest absolute Gasteiger partial charge is 0.0991 e. The standard InChI is InChI=1S/C20H25N3/c1-16(2)13-23(14-19-7-3-17(11-21)4-8-19)15-20-9-5-18(12-22)6-10-20/h3-10,16H,11,13-15,21H2,1-2H3. The van der Waals surface area contributed by atoms with Gasteiger partial charge in [-0.3, -0.25) is 4.90 Å². The van der Waals surface area contributed by atoms with Gasteiger partial charge in [-0.05, 0) is 34.7 Å². The van der Waals surface area contributed by atoms with Gasteiger partial charge in [-0.2, -0.15) is 5.26 Å². The van der Waals surface area contributed by atoms with Gasteiger partial charge in [0.05, 0.1) is 11.6 Å². The minimum atomic E-state index is 0.585. The molecule has 0 saturated carbocycles. The van der Waals surface area contributed by atoms with E-state index in [0.717, 1.165) is 25.2 Å². The van der Waals surface area contributed by atoms with E-state index in [2.05, 4.69) is 49.1 Å². The van der Waals surface area contributed by atoms with Gasteiger partial charge in [-0.25, -0.2) is 0 Å². The van der Waals surface area contributed by atoms with Crippen LogP contribution >= 0.6 is 0 Å². The number of benzene rings is 2. The third kappa shape index (κ3) is 5.52. The maximum absolute atomic E-state index is 8.90. The van der Waals surface area contributed by atoms with Gasteiger partial charge in [0.15, 0.2) is 0 Å². The van der Waals surface area contributed by atoms with Crippen molar-refractivity contribution in [1.82, 2.24) is 4.90 Å². The van der Waals surface area contributed by atoms with Crippen LogP contribution in [0, 0.1) is 17.2 Å². The van der Waals surface area contributed by atoms with E-state index in [1.165, 1.54) is 11.1 Å². The number of nitrogens with two attached hydrogens (primary N) is 1. The van der Waals surface area contributed by atoms with Gasteiger partial charge in [-0.15, -0.1) is 0 Å². The molecule has 0 spiro atoms. The molecule has 3 nitrogen and oxygen atoms in total. The zero-order chi connectivity index (χ0) is 16.7. The Balaban J connectivity index is 2.07. The molecule has 0 amide bonds. The summed E-state index contributed by atoms with van der Waals surface area (Å²) >= 11 is 0. The lowest BCUT2D eigenvalue weighted by Gasteiger charge is -2.24. The second kappa shape index (κ2) is 8.47. The van der Waals surface area contributed by atoms with Crippen LogP contribution in [0.25, 0.3) is 0 Å². The SMILES string of the molecule is CC(C)CN(Cc1ccc(C#N)cc1)Cc1ccc(CN)cc1. The average molecular weight is 307 g/mol. The van der Waals surface area contributed by atoms with E-state index in [0.29, 0.717) is 18.0 Å². The summed E-state index contributed by atoms with van der Waals surface area (Å²) in [6, 6.07) is 18.6. The largest absolute Gasteiger partial charge is 0.326 e. The third-order valence-corrected chi connectivity index (χ3v) is 3.78. The topological polar surface area (TPSA) is 53.0 Å². The van der Waals surface area contributed by atoms with Crippen molar-refractivity contribution in [2.75, 3.05) is 6.54 Å². The first-order valence-electron chi connectivity index (χ1n) is 8.10. The van der Waals surface area contributed by atoms with Crippen LogP contribution in [0.4, 0.5) is 0 Å². The van der Waals surface area contributed by atoms with Crippen LogP contribution in [0.1, 0.15) is 36.1 Å². The molecule has 0 bridgehead atoms. The first-order valence-corrected chi connectivity index (χ1v) is 8.10. The van der Waals surface area contributed by atoms with Crippen molar-refractivity contribution in [3.8, 4) is 6.07 Å². The second-order valence-corrected chi connectivity index (χ2v) is 6.39. The van der Waals surface area contributed by atoms with Gasteiger partial charge < -0.3 is 5.73 Å². The molecule has 0 atom stereocenters. The highest BCUT2D eigenvalue weighted by Crippen LogP contribution is 2.14. The summed E-state index contributed by atoms with van der Waals surface area (Å²) in [5, 5.41) is 8.90. The highest BCUT2D eigenvalue weighted by atomic mass is 15.1. The van der Waals surface area contributed by atoms with Gasteiger partial charge in [0.2, 0.25) is 0 Å². The molecule has 0 heterocycles. The average Bonchev–Trinajstić information content (AvgIpc) is 2.55. The van der Waals surface area contributed by atoms with Crippen LogP contribution < -0.4 is 5.73 Å². The normalized spacial score (nSPS) is 11.0. The lowest BCUT2D eigenvalue weighted by molar-refractivity contribution is 0.227. The molecule has 0 fully saturated rings. The monoisotopic (exact) mass is 307 g/mol. The Kier molecular flexibility index (Phi) is 6.34. The first kappa shape index (κ1) is 17.2. The predicted molar refractivity (Wildman–Crippen MR) is 94.4 cm³/mol. The number of nitrogens with zero attached hydrogens (tertiary/aromatic N) is 2. The molecule has 0 radical (unpaired) electrons. The van der Waals surface area contributed by atoms with Crippen molar-refractivity contribution in [3.05, 3.63) is 70.8 Å². The fraction of sp³-hybridized carbons (Fsp3) is 0.350. The van der Waals surface area contributed by atoms with Gasteiger partial charge in [0, 0.05) is 26.2 Å². The number of rotatable bonds is 7. The Morgan fingerprint density at radius 2 is 1.39 bits per heavy atom. The van der Waals surface area contributed by atoms with Crippen molar-refractivity contribution in [2.24, 2.45) is 11.7 Å². The Bertz CT molecular complexity index is 636. The van der Waals surface area contributed by atoms with E-state index in [4.69, 9.17) is 11.0 Å². The molecular formula is C20H25N3. The van der Waals surface area contributed by atoms with Gasteiger partial charge in [0.25, 0.3) is 0 Å². The zero-order valence-corrected chi connectivity index (χ0v) is 14.0. The molecule has 0 aliphatic rings. The number of hydrogen-bond donors (Lipinski definition) is 1. The van der Waals surface area contributed by atoms with E-state index in [-0.39, 0.29) is 0 Å². The molecule has 3 heteroatoms. The summed E-state index contributed by atoms with van der Waals surface area (Å²) in [6.07, 6.45) is 0. The third-order valence-electron chi connectivity index (χ3n) is 3.78. The fourth-order valence-electron chi connectivity index (χ4n) is 2.68. The van der Waals surface area contributed by atoms with Crippen molar-refractivity contribution in [2.45, 2.75) is 33.5 Å². The van der Waals surface area contributed by atoms with Gasteiger partial charge >= 0.3 is 0 Å². The molecule has 2 aromatic rings. The summed E-state index contributed by atoms with van der Waals surface area (Å²) in [5.41, 5.74) is 10.1. The molecule has 2 aromatic carbocycles. The second-order valence-electron chi connectivity index (χ2n) is 6.39. The Hall–Kier alpha value is -2.15. The van der Waals surface area contributed by atoms with Crippen LogP contribution in [-0.4, -0.2) is 11.4 Å². The first-order chi connectivity index (χ1) is 11.1. The van der Waals surface area contributed by atoms with Crippen molar-refractivity contribution >= 4 is 0 Å². The van der Waals surface area contributed by atoms with E-state index in [1.54, 1.807) is 0 Å². The van der Waals surface area contributed by atoms with Crippen LogP contribution in [0.5, 0.6) is 0 Å². The Morgan fingerprint density at radius 1 is 0.913 bits per heavy atom. The lowest BCUT2D eigenvalue weighted by atomic mass is 10.1. The van der Waals surface area contributed by atoms with Crippen molar-refractivity contribution < 1.29 is 0 Å². The fourth-order valence-corrected chi connectivity index (χ4v) is 2.68. The molecule has 120 valence electrons. The quantitative estimate of drug-likeness (QED) is 0.849. The summed E-state index contributed by atoms with van der Waals surface area (Å²) in [7, 11) is 0. The van der Waals surface area contributed by atoms with Gasteiger partial charge in [0.1, 0.15) is 0 Å². The van der Waals surface area contributed by atoms with Crippen LogP contribution in [-0.2, 0) is 19.6 Å². The molecule has 0 saturated heterocycles. The minimum absolute atomic E-state index is 0.585. The summed E-state index contributed by atoms with van der Waals surface area (Å²) < 4.78 is 0. The van der Waals surface area contributed by atoms with Crippen LogP contribution in [0.15, 0.2) is 48.5 Å². The molecule has 2 rings (SSSR count). The maximum Gasteiger partial charge on any atom is 0.0991 e. The number of hydrogen-bond acceptors (Lipinski definition) is 3. The summed E-state index contributed by atoms with van der Waals surface area (Å²) in [5.74, 6) is 0.608. The van der Waals surface area contributed by atoms with E-state index in [1.807, 2.05) is 24.3 Å². The minimum Gasteiger partial charge on any atom is -0.326 e. The number of nitriles is 1. The van der Waals surface area contributed by atoms with Crippen LogP contribution in [0.2, 0.25) is 0 Å². The summed E-state index contributed by atoms with van der Waals surface area (Å²) in [4.78, 5) is 2.45. The van der Waals surface area contributed by atoms with Crippen molar-refractivity contribution in [1.29, 1.82) is 5.26 Å². The predicted octanol–water partition coefficient (Wildman–Crippen LogP) is 3.68. The zero-order valence-electron chi connectivity index (χ0n) is 14.0. The lowest BCUT2D eigenvalue weighted by Crippen LogP contribution is -2.27. The highest BCUT2D eigenvalue weighted by Gasteiger charge is 2.09. The molecule has 0 unspecified atom stereocenters. The van der Waals surface area contributed by atoms with Gasteiger partial charge in [-0.1, -0.05) is 50.2 Å². The Morgan fingerprint density at radius 3 is 1.83 bits per heavy atom. The Labute approximate surface area is 139 Å².